The van der Waals surface area contributed by atoms with E-state index in [9.17, 15) is 16.8 Å². The van der Waals surface area contributed by atoms with Crippen LogP contribution in [0.1, 0.15) is 32.6 Å². The second-order valence-corrected chi connectivity index (χ2v) is 9.96. The van der Waals surface area contributed by atoms with Crippen molar-refractivity contribution in [3.63, 3.8) is 0 Å². The number of hydrogen-bond acceptors (Lipinski definition) is 4. The molecular formula is C14H20ClNO4S2. The summed E-state index contributed by atoms with van der Waals surface area (Å²) in [4.78, 5) is -0.246. The molecule has 8 heteroatoms. The third-order valence-electron chi connectivity index (χ3n) is 4.04. The van der Waals surface area contributed by atoms with E-state index in [0.29, 0.717) is 0 Å². The minimum absolute atomic E-state index is 0.0170. The Balaban J connectivity index is 2.36. The number of sulfone groups is 1. The quantitative estimate of drug-likeness (QED) is 0.889. The smallest absolute Gasteiger partial charge is 0.224 e. The maximum Gasteiger partial charge on any atom is 0.242 e. The molecule has 2 atom stereocenters. The van der Waals surface area contributed by atoms with E-state index >= 15 is 0 Å². The van der Waals surface area contributed by atoms with Crippen LogP contribution in [0.25, 0.3) is 0 Å². The number of benzene rings is 1. The van der Waals surface area contributed by atoms with E-state index in [1.165, 1.54) is 12.1 Å². The minimum Gasteiger partial charge on any atom is -0.224 e. The zero-order valence-electron chi connectivity index (χ0n) is 12.5. The highest BCUT2D eigenvalue weighted by Gasteiger charge is 2.28. The lowest BCUT2D eigenvalue weighted by molar-refractivity contribution is 0.310. The van der Waals surface area contributed by atoms with Gasteiger partial charge in [-0.25, -0.2) is 21.6 Å². The number of sulfonamides is 1. The van der Waals surface area contributed by atoms with Gasteiger partial charge in [-0.15, -0.1) is 0 Å². The minimum atomic E-state index is -3.85. The van der Waals surface area contributed by atoms with Crippen LogP contribution in [-0.2, 0) is 19.9 Å². The summed E-state index contributed by atoms with van der Waals surface area (Å²) >= 11 is 5.97. The molecule has 0 radical (unpaired) electrons. The number of rotatable bonds is 4. The third kappa shape index (κ3) is 4.01. The first kappa shape index (κ1) is 17.7. The van der Waals surface area contributed by atoms with Crippen LogP contribution < -0.4 is 4.72 Å². The van der Waals surface area contributed by atoms with Crippen LogP contribution >= 0.6 is 11.6 Å². The highest BCUT2D eigenvalue weighted by molar-refractivity contribution is 7.91. The van der Waals surface area contributed by atoms with Crippen LogP contribution in [-0.4, -0.2) is 29.1 Å². The Labute approximate surface area is 137 Å². The summed E-state index contributed by atoms with van der Waals surface area (Å²) in [5.74, 6) is 0.250. The summed E-state index contributed by atoms with van der Waals surface area (Å²) in [7, 11) is -7.35. The van der Waals surface area contributed by atoms with Crippen molar-refractivity contribution in [3.8, 4) is 0 Å². The molecule has 0 bridgehead atoms. The summed E-state index contributed by atoms with van der Waals surface area (Å²) in [6, 6.07) is 3.58. The zero-order chi connectivity index (χ0) is 16.5. The summed E-state index contributed by atoms with van der Waals surface area (Å²) < 4.78 is 51.0. The molecule has 1 aliphatic rings. The van der Waals surface area contributed by atoms with Gasteiger partial charge in [0.2, 0.25) is 10.0 Å². The van der Waals surface area contributed by atoms with Crippen molar-refractivity contribution in [1.29, 1.82) is 0 Å². The molecule has 1 N–H and O–H groups in total. The van der Waals surface area contributed by atoms with Crippen LogP contribution in [0.5, 0.6) is 0 Å². The van der Waals surface area contributed by atoms with Crippen LogP contribution in [0.2, 0.25) is 5.02 Å². The number of nitrogens with one attached hydrogen (secondary N) is 1. The first-order valence-electron chi connectivity index (χ1n) is 7.13. The van der Waals surface area contributed by atoms with Crippen LogP contribution in [0.15, 0.2) is 28.0 Å². The first-order chi connectivity index (χ1) is 10.1. The molecule has 1 aromatic rings. The van der Waals surface area contributed by atoms with E-state index in [-0.39, 0.29) is 26.8 Å². The summed E-state index contributed by atoms with van der Waals surface area (Å²) in [5.41, 5.74) is 0. The lowest BCUT2D eigenvalue weighted by atomic mass is 9.87. The number of hydrogen-bond donors (Lipinski definition) is 1. The Bertz CT molecular complexity index is 759. The zero-order valence-corrected chi connectivity index (χ0v) is 14.9. The molecule has 1 aliphatic carbocycles. The molecule has 0 aromatic heterocycles. The van der Waals surface area contributed by atoms with Gasteiger partial charge in [0, 0.05) is 12.3 Å². The van der Waals surface area contributed by atoms with E-state index in [2.05, 4.69) is 4.72 Å². The molecule has 1 saturated carbocycles. The van der Waals surface area contributed by atoms with Crippen molar-refractivity contribution < 1.29 is 16.8 Å². The molecule has 1 fully saturated rings. The summed E-state index contributed by atoms with van der Waals surface area (Å²) in [5, 5.41) is 0.0170. The first-order valence-corrected chi connectivity index (χ1v) is 10.9. The molecule has 1 aromatic carbocycles. The topological polar surface area (TPSA) is 80.3 Å². The molecular weight excluding hydrogens is 346 g/mol. The molecule has 0 aliphatic heterocycles. The largest absolute Gasteiger partial charge is 0.242 e. The van der Waals surface area contributed by atoms with Crippen molar-refractivity contribution in [2.24, 2.45) is 5.92 Å². The van der Waals surface area contributed by atoms with Gasteiger partial charge in [0.1, 0.15) is 4.90 Å². The molecule has 0 heterocycles. The van der Waals surface area contributed by atoms with Gasteiger partial charge in [0.15, 0.2) is 9.84 Å². The average molecular weight is 366 g/mol. The van der Waals surface area contributed by atoms with Crippen molar-refractivity contribution in [1.82, 2.24) is 4.72 Å². The lowest BCUT2D eigenvalue weighted by Gasteiger charge is -2.29. The Morgan fingerprint density at radius 3 is 2.36 bits per heavy atom. The van der Waals surface area contributed by atoms with Crippen LogP contribution in [0, 0.1) is 5.92 Å². The number of halogens is 1. The van der Waals surface area contributed by atoms with E-state index in [1.54, 1.807) is 0 Å². The molecule has 0 amide bonds. The molecule has 2 rings (SSSR count). The Hall–Kier alpha value is -0.630. The monoisotopic (exact) mass is 365 g/mol. The van der Waals surface area contributed by atoms with E-state index in [0.717, 1.165) is 38.0 Å². The lowest BCUT2D eigenvalue weighted by Crippen LogP contribution is -2.41. The fourth-order valence-electron chi connectivity index (χ4n) is 2.67. The van der Waals surface area contributed by atoms with E-state index in [1.807, 2.05) is 6.92 Å². The van der Waals surface area contributed by atoms with E-state index < -0.39 is 19.9 Å². The van der Waals surface area contributed by atoms with Gasteiger partial charge in [-0.05, 0) is 37.0 Å². The molecule has 124 valence electrons. The van der Waals surface area contributed by atoms with Gasteiger partial charge in [-0.2, -0.15) is 0 Å². The molecule has 0 unspecified atom stereocenters. The van der Waals surface area contributed by atoms with Crippen LogP contribution in [0.4, 0.5) is 0 Å². The van der Waals surface area contributed by atoms with Gasteiger partial charge in [-0.1, -0.05) is 31.4 Å². The average Bonchev–Trinajstić information content (AvgIpc) is 2.40. The van der Waals surface area contributed by atoms with Crippen molar-refractivity contribution in [3.05, 3.63) is 23.2 Å². The highest BCUT2D eigenvalue weighted by atomic mass is 35.5. The predicted octanol–water partition coefficient (Wildman–Crippen LogP) is 2.60. The van der Waals surface area contributed by atoms with Gasteiger partial charge in [0.25, 0.3) is 0 Å². The maximum absolute atomic E-state index is 12.6. The van der Waals surface area contributed by atoms with Crippen LogP contribution in [0.3, 0.4) is 0 Å². The standard InChI is InChI=1S/C14H20ClNO4S2/c1-10-5-3-4-6-13(10)16-22(19,20)14-9-11(21(2,17)18)7-8-12(14)15/h7-10,13,16H,3-6H2,1-2H3/t10-,13-/m0/s1. The SMILES string of the molecule is C[C@H]1CCCC[C@@H]1NS(=O)(=O)c1cc(S(C)(=O)=O)ccc1Cl. The fraction of sp³-hybridized carbons (Fsp3) is 0.571. The van der Waals surface area contributed by atoms with Crippen molar-refractivity contribution in [2.45, 2.75) is 48.4 Å². The van der Waals surface area contributed by atoms with Gasteiger partial charge >= 0.3 is 0 Å². The molecule has 22 heavy (non-hydrogen) atoms. The van der Waals surface area contributed by atoms with Crippen molar-refractivity contribution in [2.75, 3.05) is 6.26 Å². The second-order valence-electron chi connectivity index (χ2n) is 5.85. The third-order valence-corrected chi connectivity index (χ3v) is 7.12. The summed E-state index contributed by atoms with van der Waals surface area (Å²) in [6.07, 6.45) is 4.87. The second kappa shape index (κ2) is 6.47. The predicted molar refractivity (Wildman–Crippen MR) is 86.3 cm³/mol. The highest BCUT2D eigenvalue weighted by Crippen LogP contribution is 2.28. The van der Waals surface area contributed by atoms with Gasteiger partial charge < -0.3 is 0 Å². The Morgan fingerprint density at radius 2 is 1.77 bits per heavy atom. The molecule has 0 spiro atoms. The normalized spacial score (nSPS) is 23.4. The van der Waals surface area contributed by atoms with Gasteiger partial charge in [-0.3, -0.25) is 0 Å². The fourth-order valence-corrected chi connectivity index (χ4v) is 5.30. The molecule has 5 nitrogen and oxygen atoms in total. The molecule has 0 saturated heterocycles. The van der Waals surface area contributed by atoms with Crippen molar-refractivity contribution >= 4 is 31.5 Å². The Kier molecular flexibility index (Phi) is 5.21. The maximum atomic E-state index is 12.6. The van der Waals surface area contributed by atoms with Gasteiger partial charge in [0.05, 0.1) is 9.92 Å². The summed E-state index contributed by atoms with van der Waals surface area (Å²) in [6.45, 7) is 2.01. The Morgan fingerprint density at radius 1 is 1.14 bits per heavy atom. The van der Waals surface area contributed by atoms with E-state index in [4.69, 9.17) is 11.6 Å².